The molecule has 18 heavy (non-hydrogen) atoms. The molecule has 2 heterocycles. The van der Waals surface area contributed by atoms with Gasteiger partial charge >= 0.3 is 6.09 Å². The van der Waals surface area contributed by atoms with Crippen molar-refractivity contribution in [1.82, 2.24) is 14.5 Å². The van der Waals surface area contributed by atoms with Crippen LogP contribution in [-0.4, -0.2) is 32.7 Å². The van der Waals surface area contributed by atoms with Crippen molar-refractivity contribution in [2.75, 3.05) is 6.54 Å². The summed E-state index contributed by atoms with van der Waals surface area (Å²) in [4.78, 5) is 18.1. The van der Waals surface area contributed by atoms with Crippen LogP contribution in [0.3, 0.4) is 0 Å². The van der Waals surface area contributed by atoms with E-state index in [1.807, 2.05) is 27.7 Å². The Morgan fingerprint density at radius 2 is 2.17 bits per heavy atom. The van der Waals surface area contributed by atoms with Crippen LogP contribution in [0.2, 0.25) is 0 Å². The summed E-state index contributed by atoms with van der Waals surface area (Å²) in [7, 11) is 0. The summed E-state index contributed by atoms with van der Waals surface area (Å²) in [6, 6.07) is -0.0209. The molecule has 2 rings (SSSR count). The molecule has 1 aromatic rings. The summed E-state index contributed by atoms with van der Waals surface area (Å²) in [6.07, 6.45) is 1.53. The van der Waals surface area contributed by atoms with Crippen molar-refractivity contribution in [3.05, 3.63) is 16.6 Å². The van der Waals surface area contributed by atoms with Crippen molar-refractivity contribution < 1.29 is 9.53 Å². The second-order valence-corrected chi connectivity index (χ2v) is 6.16. The molecule has 0 saturated carbocycles. The van der Waals surface area contributed by atoms with Crippen molar-refractivity contribution in [3.8, 4) is 0 Å². The Balaban J connectivity index is 2.17. The van der Waals surface area contributed by atoms with Gasteiger partial charge in [-0.1, -0.05) is 0 Å². The third-order valence-electron chi connectivity index (χ3n) is 2.93. The highest BCUT2D eigenvalue weighted by Crippen LogP contribution is 2.29. The number of fused-ring (bicyclic) bond motifs is 1. The largest absolute Gasteiger partial charge is 0.444 e. The van der Waals surface area contributed by atoms with Gasteiger partial charge in [0.15, 0.2) is 4.73 Å². The lowest BCUT2D eigenvalue weighted by molar-refractivity contribution is 0.0126. The highest BCUT2D eigenvalue weighted by Gasteiger charge is 2.32. The molecule has 1 aliphatic rings. The topological polar surface area (TPSA) is 47.4 Å². The lowest BCUT2D eigenvalue weighted by atomic mass is 10.1. The third kappa shape index (κ3) is 2.53. The zero-order valence-electron chi connectivity index (χ0n) is 11.1. The number of carbonyl (C=O) groups excluding carboxylic acids is 1. The van der Waals surface area contributed by atoms with Gasteiger partial charge in [-0.3, -0.25) is 4.90 Å². The predicted octanol–water partition coefficient (Wildman–Crippen LogP) is 2.96. The summed E-state index contributed by atoms with van der Waals surface area (Å²) >= 11 is 3.40. The van der Waals surface area contributed by atoms with Gasteiger partial charge in [-0.05, 0) is 43.6 Å². The summed E-state index contributed by atoms with van der Waals surface area (Å²) in [5.41, 5.74) is 0.564. The molecule has 1 amide bonds. The quantitative estimate of drug-likeness (QED) is 0.739. The van der Waals surface area contributed by atoms with E-state index in [9.17, 15) is 4.79 Å². The zero-order valence-corrected chi connectivity index (χ0v) is 12.7. The smallest absolute Gasteiger partial charge is 0.410 e. The van der Waals surface area contributed by atoms with E-state index in [4.69, 9.17) is 4.74 Å². The zero-order chi connectivity index (χ0) is 13.5. The van der Waals surface area contributed by atoms with Crippen LogP contribution in [0, 0.1) is 0 Å². The first-order valence-electron chi connectivity index (χ1n) is 6.00. The minimum Gasteiger partial charge on any atom is -0.444 e. The Bertz CT molecular complexity index is 464. The third-order valence-corrected chi connectivity index (χ3v) is 3.56. The van der Waals surface area contributed by atoms with E-state index in [1.165, 1.54) is 0 Å². The molecule has 0 N–H and O–H groups in total. The maximum Gasteiger partial charge on any atom is 0.410 e. The number of hydrogen-bond acceptors (Lipinski definition) is 3. The van der Waals surface area contributed by atoms with Gasteiger partial charge < -0.3 is 9.30 Å². The van der Waals surface area contributed by atoms with E-state index in [-0.39, 0.29) is 12.1 Å². The fourth-order valence-corrected chi connectivity index (χ4v) is 2.54. The molecule has 0 fully saturated rings. The molecule has 0 aromatic carbocycles. The Kier molecular flexibility index (Phi) is 3.40. The number of nitrogens with zero attached hydrogens (tertiary/aromatic N) is 3. The number of imidazole rings is 1. The van der Waals surface area contributed by atoms with Crippen LogP contribution in [0.15, 0.2) is 10.9 Å². The van der Waals surface area contributed by atoms with E-state index in [0.29, 0.717) is 6.54 Å². The number of aromatic nitrogens is 2. The molecular formula is C12H18BrN3O2. The van der Waals surface area contributed by atoms with Gasteiger partial charge in [0.1, 0.15) is 5.60 Å². The highest BCUT2D eigenvalue weighted by atomic mass is 79.9. The first kappa shape index (κ1) is 13.4. The summed E-state index contributed by atoms with van der Waals surface area (Å²) < 4.78 is 8.30. The van der Waals surface area contributed by atoms with Gasteiger partial charge in [0.2, 0.25) is 0 Å². The molecule has 1 aromatic heterocycles. The van der Waals surface area contributed by atoms with Gasteiger partial charge in [-0.2, -0.15) is 0 Å². The monoisotopic (exact) mass is 315 g/mol. The van der Waals surface area contributed by atoms with Crippen molar-refractivity contribution in [3.63, 3.8) is 0 Å². The van der Waals surface area contributed by atoms with Crippen molar-refractivity contribution in [2.24, 2.45) is 0 Å². The van der Waals surface area contributed by atoms with E-state index in [0.717, 1.165) is 17.0 Å². The Morgan fingerprint density at radius 3 is 2.78 bits per heavy atom. The summed E-state index contributed by atoms with van der Waals surface area (Å²) in [5, 5.41) is 0. The molecule has 0 radical (unpaired) electrons. The Hall–Kier alpha value is -1.04. The van der Waals surface area contributed by atoms with Crippen LogP contribution in [0.4, 0.5) is 4.79 Å². The summed E-state index contributed by atoms with van der Waals surface area (Å²) in [5.74, 6) is 0. The first-order valence-corrected chi connectivity index (χ1v) is 6.79. The van der Waals surface area contributed by atoms with Crippen LogP contribution >= 0.6 is 15.9 Å². The molecular weight excluding hydrogens is 298 g/mol. The first-order chi connectivity index (χ1) is 8.29. The average Bonchev–Trinajstić information content (AvgIpc) is 2.59. The van der Waals surface area contributed by atoms with Crippen molar-refractivity contribution in [2.45, 2.75) is 45.9 Å². The van der Waals surface area contributed by atoms with Crippen LogP contribution in [0.25, 0.3) is 0 Å². The number of ether oxygens (including phenoxy) is 1. The van der Waals surface area contributed by atoms with Gasteiger partial charge in [-0.15, -0.1) is 0 Å². The molecule has 5 nitrogen and oxygen atoms in total. The fourth-order valence-electron chi connectivity index (χ4n) is 2.05. The average molecular weight is 316 g/mol. The minimum absolute atomic E-state index is 0.0209. The van der Waals surface area contributed by atoms with E-state index < -0.39 is 5.60 Å². The number of halogens is 1. The lowest BCUT2D eigenvalue weighted by Gasteiger charge is -2.35. The van der Waals surface area contributed by atoms with Gasteiger partial charge in [0.05, 0.1) is 17.9 Å². The molecule has 0 bridgehead atoms. The van der Waals surface area contributed by atoms with Crippen LogP contribution in [-0.2, 0) is 11.3 Å². The molecule has 0 saturated heterocycles. The van der Waals surface area contributed by atoms with E-state index in [1.54, 1.807) is 11.1 Å². The molecule has 1 aliphatic heterocycles. The van der Waals surface area contributed by atoms with Gasteiger partial charge in [0.25, 0.3) is 0 Å². The molecule has 6 heteroatoms. The Labute approximate surface area is 115 Å². The molecule has 0 spiro atoms. The number of hydrogen-bond donors (Lipinski definition) is 0. The van der Waals surface area contributed by atoms with Gasteiger partial charge in [-0.25, -0.2) is 9.78 Å². The van der Waals surface area contributed by atoms with Gasteiger partial charge in [0, 0.05) is 13.1 Å². The Morgan fingerprint density at radius 1 is 1.50 bits per heavy atom. The lowest BCUT2D eigenvalue weighted by Crippen LogP contribution is -2.43. The second kappa shape index (κ2) is 4.57. The normalized spacial score (nSPS) is 19.6. The molecule has 0 unspecified atom stereocenters. The number of amides is 1. The van der Waals surface area contributed by atoms with E-state index in [2.05, 4.69) is 25.5 Å². The SMILES string of the molecule is C[C@@H]1c2cnc(Br)n2CCN1C(=O)OC(C)(C)C. The summed E-state index contributed by atoms with van der Waals surface area (Å²) in [6.45, 7) is 8.99. The highest BCUT2D eigenvalue weighted by molar-refractivity contribution is 9.10. The van der Waals surface area contributed by atoms with Crippen molar-refractivity contribution in [1.29, 1.82) is 0 Å². The fraction of sp³-hybridized carbons (Fsp3) is 0.667. The van der Waals surface area contributed by atoms with Crippen molar-refractivity contribution >= 4 is 22.0 Å². The molecule has 0 aliphatic carbocycles. The molecule has 100 valence electrons. The van der Waals surface area contributed by atoms with Crippen LogP contribution < -0.4 is 0 Å². The molecule has 1 atom stereocenters. The minimum atomic E-state index is -0.463. The number of rotatable bonds is 0. The second-order valence-electron chi connectivity index (χ2n) is 5.45. The maximum absolute atomic E-state index is 12.1. The van der Waals surface area contributed by atoms with Crippen LogP contribution in [0.5, 0.6) is 0 Å². The van der Waals surface area contributed by atoms with Crippen LogP contribution in [0.1, 0.15) is 39.4 Å². The maximum atomic E-state index is 12.1. The van der Waals surface area contributed by atoms with E-state index >= 15 is 0 Å². The standard InChI is InChI=1S/C12H18BrN3O2/c1-8-9-7-14-10(13)16(9)6-5-15(8)11(17)18-12(2,3)4/h7-8H,5-6H2,1-4H3/t8-/m1/s1. The predicted molar refractivity (Wildman–Crippen MR) is 71.3 cm³/mol. The number of carbonyl (C=O) groups is 1.